The molecule has 0 saturated carbocycles. The molecule has 0 aliphatic carbocycles. The molecular weight excluding hydrogens is 432 g/mol. The van der Waals surface area contributed by atoms with Crippen molar-refractivity contribution in [2.24, 2.45) is 0 Å². The second-order valence-corrected chi connectivity index (χ2v) is 8.80. The van der Waals surface area contributed by atoms with Gasteiger partial charge in [-0.25, -0.2) is 14.4 Å². The molecule has 1 saturated heterocycles. The van der Waals surface area contributed by atoms with Crippen molar-refractivity contribution in [3.05, 3.63) is 34.3 Å². The van der Waals surface area contributed by atoms with Crippen LogP contribution < -0.4 is 5.32 Å². The second kappa shape index (κ2) is 8.38. The molecule has 1 heterocycles. The molecule has 0 radical (unpaired) electrons. The van der Waals surface area contributed by atoms with Gasteiger partial charge in [-0.05, 0) is 45.4 Å². The third-order valence-electron chi connectivity index (χ3n) is 4.28. The molecule has 2 atom stereocenters. The zero-order chi connectivity index (χ0) is 21.1. The van der Waals surface area contributed by atoms with E-state index in [4.69, 9.17) is 9.47 Å². The van der Waals surface area contributed by atoms with Crippen LogP contribution in [-0.4, -0.2) is 52.0 Å². The number of amides is 2. The van der Waals surface area contributed by atoms with Gasteiger partial charge >= 0.3 is 18.2 Å². The number of alkyl carbamates (subject to hydrolysis) is 1. The summed E-state index contributed by atoms with van der Waals surface area (Å²) < 4.78 is 11.5. The largest absolute Gasteiger partial charge is 0.480 e. The van der Waals surface area contributed by atoms with Crippen molar-refractivity contribution in [2.45, 2.75) is 57.9 Å². The number of hydrogen-bond acceptors (Lipinski definition) is 5. The van der Waals surface area contributed by atoms with Crippen LogP contribution in [0.25, 0.3) is 0 Å². The number of hydrogen-bond donors (Lipinski definition) is 2. The Balaban J connectivity index is 1.99. The van der Waals surface area contributed by atoms with E-state index in [1.165, 1.54) is 6.92 Å². The summed E-state index contributed by atoms with van der Waals surface area (Å²) in [5.74, 6) is -1.18. The number of carbonyl (C=O) groups is 3. The summed E-state index contributed by atoms with van der Waals surface area (Å²) >= 11 is 3.36. The van der Waals surface area contributed by atoms with Crippen LogP contribution in [-0.2, 0) is 20.8 Å². The number of benzene rings is 1. The van der Waals surface area contributed by atoms with Gasteiger partial charge in [0.15, 0.2) is 0 Å². The van der Waals surface area contributed by atoms with Crippen molar-refractivity contribution in [3.8, 4) is 0 Å². The Morgan fingerprint density at radius 1 is 1.36 bits per heavy atom. The number of carboxylic acid groups (broad SMARTS) is 1. The van der Waals surface area contributed by atoms with Gasteiger partial charge in [-0.1, -0.05) is 28.1 Å². The average Bonchev–Trinajstić information content (AvgIpc) is 2.89. The molecule has 28 heavy (non-hydrogen) atoms. The smallest absolute Gasteiger partial charge is 0.411 e. The molecule has 1 aromatic rings. The standard InChI is InChI=1S/C19H25BrN2O6/c1-18(2,3)28-17(26)22-11-14(9-19(22,4)15(23)24)27-16(25)21-10-12-6-5-7-13(20)8-12/h5-8,14H,9-11H2,1-4H3,(H,21,25)(H,23,24)/t14-,19+/m1/s1. The quantitative estimate of drug-likeness (QED) is 0.717. The van der Waals surface area contributed by atoms with Crippen LogP contribution >= 0.6 is 15.9 Å². The van der Waals surface area contributed by atoms with Gasteiger partial charge in [0.1, 0.15) is 17.2 Å². The topological polar surface area (TPSA) is 105 Å². The summed E-state index contributed by atoms with van der Waals surface area (Å²) in [7, 11) is 0. The normalized spacial score (nSPS) is 21.9. The number of likely N-dealkylation sites (tertiary alicyclic amines) is 1. The zero-order valence-electron chi connectivity index (χ0n) is 16.3. The molecule has 0 aromatic heterocycles. The summed E-state index contributed by atoms with van der Waals surface area (Å²) in [5, 5.41) is 12.2. The van der Waals surface area contributed by atoms with E-state index in [2.05, 4.69) is 21.2 Å². The van der Waals surface area contributed by atoms with Crippen LogP contribution in [0.2, 0.25) is 0 Å². The number of carboxylic acids is 1. The summed E-state index contributed by atoms with van der Waals surface area (Å²) in [4.78, 5) is 37.4. The van der Waals surface area contributed by atoms with Crippen LogP contribution in [0.4, 0.5) is 9.59 Å². The predicted molar refractivity (Wildman–Crippen MR) is 105 cm³/mol. The Labute approximate surface area is 172 Å². The van der Waals surface area contributed by atoms with Crippen molar-refractivity contribution >= 4 is 34.1 Å². The highest BCUT2D eigenvalue weighted by Gasteiger charge is 2.52. The molecule has 8 nitrogen and oxygen atoms in total. The molecular formula is C19H25BrN2O6. The number of nitrogens with one attached hydrogen (secondary N) is 1. The first-order valence-electron chi connectivity index (χ1n) is 8.84. The highest BCUT2D eigenvalue weighted by molar-refractivity contribution is 9.10. The highest BCUT2D eigenvalue weighted by Crippen LogP contribution is 2.32. The SMILES string of the molecule is CC(C)(C)OC(=O)N1C[C@H](OC(=O)NCc2cccc(Br)c2)C[C@@]1(C)C(=O)O. The van der Waals surface area contributed by atoms with Crippen molar-refractivity contribution < 1.29 is 29.0 Å². The Bertz CT molecular complexity index is 763. The maximum atomic E-state index is 12.4. The Hall–Kier alpha value is -2.29. The third-order valence-corrected chi connectivity index (χ3v) is 4.77. The molecule has 1 aliphatic heterocycles. The van der Waals surface area contributed by atoms with Gasteiger partial charge in [-0.15, -0.1) is 0 Å². The van der Waals surface area contributed by atoms with E-state index in [1.54, 1.807) is 20.8 Å². The summed E-state index contributed by atoms with van der Waals surface area (Å²) in [6, 6.07) is 7.44. The molecule has 2 N–H and O–H groups in total. The van der Waals surface area contributed by atoms with Gasteiger partial charge in [-0.2, -0.15) is 0 Å². The van der Waals surface area contributed by atoms with E-state index < -0.39 is 35.4 Å². The van der Waals surface area contributed by atoms with Gasteiger partial charge in [0, 0.05) is 17.4 Å². The lowest BCUT2D eigenvalue weighted by atomic mass is 9.99. The van der Waals surface area contributed by atoms with E-state index >= 15 is 0 Å². The lowest BCUT2D eigenvalue weighted by molar-refractivity contribution is -0.148. The minimum absolute atomic E-state index is 0.0219. The van der Waals surface area contributed by atoms with Crippen LogP contribution in [0.5, 0.6) is 0 Å². The van der Waals surface area contributed by atoms with Crippen molar-refractivity contribution in [1.82, 2.24) is 10.2 Å². The van der Waals surface area contributed by atoms with Crippen LogP contribution in [0.1, 0.15) is 39.7 Å². The first-order valence-corrected chi connectivity index (χ1v) is 9.63. The van der Waals surface area contributed by atoms with E-state index in [1.807, 2.05) is 24.3 Å². The highest BCUT2D eigenvalue weighted by atomic mass is 79.9. The first-order chi connectivity index (χ1) is 12.9. The number of carbonyl (C=O) groups excluding carboxylic acids is 2. The molecule has 0 spiro atoms. The lowest BCUT2D eigenvalue weighted by Crippen LogP contribution is -2.52. The van der Waals surface area contributed by atoms with E-state index in [-0.39, 0.29) is 19.5 Å². The van der Waals surface area contributed by atoms with Crippen molar-refractivity contribution in [3.63, 3.8) is 0 Å². The van der Waals surface area contributed by atoms with Crippen LogP contribution in [0.15, 0.2) is 28.7 Å². The molecule has 2 amide bonds. The van der Waals surface area contributed by atoms with Gasteiger partial charge in [-0.3, -0.25) is 4.90 Å². The molecule has 1 aliphatic rings. The van der Waals surface area contributed by atoms with E-state index in [0.717, 1.165) is 14.9 Å². The summed E-state index contributed by atoms with van der Waals surface area (Å²) in [6.07, 6.45) is -2.20. The number of rotatable bonds is 4. The average molecular weight is 457 g/mol. The minimum Gasteiger partial charge on any atom is -0.480 e. The Morgan fingerprint density at radius 3 is 2.61 bits per heavy atom. The summed E-state index contributed by atoms with van der Waals surface area (Å²) in [6.45, 7) is 6.72. The van der Waals surface area contributed by atoms with Gasteiger partial charge < -0.3 is 19.9 Å². The predicted octanol–water partition coefficient (Wildman–Crippen LogP) is 3.53. The fourth-order valence-electron chi connectivity index (χ4n) is 2.91. The summed E-state index contributed by atoms with van der Waals surface area (Å²) in [5.41, 5.74) is -1.41. The van der Waals surface area contributed by atoms with Gasteiger partial charge in [0.25, 0.3) is 0 Å². The van der Waals surface area contributed by atoms with Gasteiger partial charge in [0.2, 0.25) is 0 Å². The second-order valence-electron chi connectivity index (χ2n) is 7.88. The molecule has 0 unspecified atom stereocenters. The molecule has 9 heteroatoms. The minimum atomic E-state index is -1.52. The molecule has 1 fully saturated rings. The van der Waals surface area contributed by atoms with Gasteiger partial charge in [0.05, 0.1) is 6.54 Å². The fraction of sp³-hybridized carbons (Fsp3) is 0.526. The monoisotopic (exact) mass is 456 g/mol. The van der Waals surface area contributed by atoms with E-state index in [0.29, 0.717) is 0 Å². The first kappa shape index (κ1) is 22.0. The third kappa shape index (κ3) is 5.60. The molecule has 1 aromatic carbocycles. The van der Waals surface area contributed by atoms with Crippen molar-refractivity contribution in [2.75, 3.05) is 6.54 Å². The van der Waals surface area contributed by atoms with Crippen molar-refractivity contribution in [1.29, 1.82) is 0 Å². The maximum absolute atomic E-state index is 12.4. The van der Waals surface area contributed by atoms with Crippen LogP contribution in [0.3, 0.4) is 0 Å². The fourth-order valence-corrected chi connectivity index (χ4v) is 3.36. The molecule has 0 bridgehead atoms. The zero-order valence-corrected chi connectivity index (χ0v) is 17.9. The molecule has 2 rings (SSSR count). The number of aliphatic carboxylic acids is 1. The number of halogens is 1. The van der Waals surface area contributed by atoms with E-state index in [9.17, 15) is 19.5 Å². The number of ether oxygens (including phenoxy) is 2. The Morgan fingerprint density at radius 2 is 2.04 bits per heavy atom. The van der Waals surface area contributed by atoms with Crippen LogP contribution in [0, 0.1) is 0 Å². The lowest BCUT2D eigenvalue weighted by Gasteiger charge is -2.32. The number of nitrogens with zero attached hydrogens (tertiary/aromatic N) is 1. The maximum Gasteiger partial charge on any atom is 0.411 e. The Kier molecular flexibility index (Phi) is 6.59. The molecule has 154 valence electrons.